The quantitative estimate of drug-likeness (QED) is 0.585. The van der Waals surface area contributed by atoms with Gasteiger partial charge in [-0.1, -0.05) is 53.0 Å². The van der Waals surface area contributed by atoms with Crippen LogP contribution in [0.4, 0.5) is 4.79 Å². The summed E-state index contributed by atoms with van der Waals surface area (Å²) in [5.41, 5.74) is 2.77. The number of benzene rings is 1. The van der Waals surface area contributed by atoms with E-state index in [1.165, 1.54) is 6.26 Å². The van der Waals surface area contributed by atoms with Crippen LogP contribution in [0.1, 0.15) is 17.3 Å². The lowest BCUT2D eigenvalue weighted by Gasteiger charge is -2.36. The van der Waals surface area contributed by atoms with Crippen molar-refractivity contribution in [2.45, 2.75) is 22.3 Å². The number of carbonyl (C=O) groups excluding carboxylic acids is 1. The number of nitrogens with one attached hydrogen (secondary N) is 2. The zero-order valence-electron chi connectivity index (χ0n) is 15.0. The summed E-state index contributed by atoms with van der Waals surface area (Å²) in [6, 6.07) is 6.50. The monoisotopic (exact) mass is 467 g/mol. The summed E-state index contributed by atoms with van der Waals surface area (Å²) in [4.78, 5) is 15.5. The van der Waals surface area contributed by atoms with Crippen LogP contribution < -0.4 is 5.32 Å². The summed E-state index contributed by atoms with van der Waals surface area (Å²) in [6.07, 6.45) is 1.35. The second kappa shape index (κ2) is 8.77. The Balaban J connectivity index is 1.89. The van der Waals surface area contributed by atoms with Gasteiger partial charge in [0, 0.05) is 45.9 Å². The van der Waals surface area contributed by atoms with E-state index in [2.05, 4.69) is 10.3 Å². The van der Waals surface area contributed by atoms with Crippen molar-refractivity contribution in [2.24, 2.45) is 0 Å². The molecule has 0 saturated carbocycles. The first-order chi connectivity index (χ1) is 13.2. The molecule has 0 fully saturated rings. The van der Waals surface area contributed by atoms with E-state index in [0.717, 1.165) is 27.2 Å². The number of amides is 1. The highest BCUT2D eigenvalue weighted by Crippen LogP contribution is 2.35. The van der Waals surface area contributed by atoms with Crippen molar-refractivity contribution in [2.75, 3.05) is 25.2 Å². The van der Waals surface area contributed by atoms with E-state index in [0.29, 0.717) is 13.0 Å². The van der Waals surface area contributed by atoms with Crippen molar-refractivity contribution < 1.29 is 18.9 Å². The lowest BCUT2D eigenvalue weighted by molar-refractivity contribution is -0.140. The third kappa shape index (κ3) is 5.11. The molecule has 1 unspecified atom stereocenters. The SMILES string of the molecule is CS(=O)C[C@@H](NC(=O)OCC(Cl)(Cl)Cl)[C@H]1c2[nH]c3ccccc3c2CCN1O. The molecular weight excluding hydrogens is 449 g/mol. The fraction of sp³-hybridized carbons (Fsp3) is 0.471. The van der Waals surface area contributed by atoms with E-state index in [1.54, 1.807) is 0 Å². The molecule has 3 rings (SSSR count). The number of aromatic amines is 1. The predicted molar refractivity (Wildman–Crippen MR) is 111 cm³/mol. The van der Waals surface area contributed by atoms with Crippen molar-refractivity contribution in [1.82, 2.24) is 15.4 Å². The third-order valence-electron chi connectivity index (χ3n) is 4.52. The number of hydroxylamine groups is 2. The topological polar surface area (TPSA) is 94.7 Å². The molecule has 1 aliphatic rings. The molecule has 154 valence electrons. The lowest BCUT2D eigenvalue weighted by atomic mass is 9.95. The van der Waals surface area contributed by atoms with Crippen LogP contribution in [0.3, 0.4) is 0 Å². The number of alkyl halides is 3. The second-order valence-corrected chi connectivity index (χ2v) is 10.6. The van der Waals surface area contributed by atoms with Gasteiger partial charge < -0.3 is 20.2 Å². The Kier molecular flexibility index (Phi) is 6.79. The van der Waals surface area contributed by atoms with Crippen LogP contribution in [-0.2, 0) is 22.0 Å². The molecule has 1 aromatic carbocycles. The number of ether oxygens (including phenoxy) is 1. The molecule has 2 aromatic rings. The van der Waals surface area contributed by atoms with E-state index in [9.17, 15) is 14.2 Å². The fourth-order valence-electron chi connectivity index (χ4n) is 3.47. The number of para-hydroxylation sites is 1. The van der Waals surface area contributed by atoms with Gasteiger partial charge in [0.2, 0.25) is 3.79 Å². The normalized spacial score (nSPS) is 19.8. The van der Waals surface area contributed by atoms with Crippen LogP contribution in [0.15, 0.2) is 24.3 Å². The molecule has 2 heterocycles. The number of carbonyl (C=O) groups is 1. The maximum atomic E-state index is 12.2. The zero-order valence-corrected chi connectivity index (χ0v) is 18.0. The van der Waals surface area contributed by atoms with Crippen molar-refractivity contribution in [1.29, 1.82) is 0 Å². The van der Waals surface area contributed by atoms with Crippen molar-refractivity contribution in [3.05, 3.63) is 35.5 Å². The molecule has 11 heteroatoms. The molecule has 1 aromatic heterocycles. The van der Waals surface area contributed by atoms with Gasteiger partial charge in [0.15, 0.2) is 0 Å². The minimum atomic E-state index is -1.74. The number of hydrogen-bond acceptors (Lipinski definition) is 5. The highest BCUT2D eigenvalue weighted by atomic mass is 35.6. The first-order valence-electron chi connectivity index (χ1n) is 8.51. The largest absolute Gasteiger partial charge is 0.445 e. The zero-order chi connectivity index (χ0) is 20.5. The van der Waals surface area contributed by atoms with Gasteiger partial charge in [0.25, 0.3) is 0 Å². The first kappa shape index (κ1) is 21.7. The molecule has 1 amide bonds. The Morgan fingerprint density at radius 3 is 2.86 bits per heavy atom. The van der Waals surface area contributed by atoms with Gasteiger partial charge in [-0.15, -0.1) is 0 Å². The van der Waals surface area contributed by atoms with Crippen LogP contribution in [0.2, 0.25) is 0 Å². The molecule has 3 N–H and O–H groups in total. The van der Waals surface area contributed by atoms with Crippen LogP contribution in [-0.4, -0.2) is 60.6 Å². The molecule has 0 saturated heterocycles. The number of fused-ring (bicyclic) bond motifs is 3. The summed E-state index contributed by atoms with van der Waals surface area (Å²) < 4.78 is 15.1. The fourth-order valence-corrected chi connectivity index (χ4v) is 4.41. The maximum absolute atomic E-state index is 12.2. The van der Waals surface area contributed by atoms with E-state index in [1.807, 2.05) is 24.3 Å². The van der Waals surface area contributed by atoms with Crippen LogP contribution in [0.25, 0.3) is 10.9 Å². The number of H-pyrrole nitrogens is 1. The van der Waals surface area contributed by atoms with E-state index in [-0.39, 0.29) is 5.75 Å². The summed E-state index contributed by atoms with van der Waals surface area (Å²) in [5.74, 6) is 0.111. The number of aromatic nitrogens is 1. The molecule has 7 nitrogen and oxygen atoms in total. The second-order valence-electron chi connectivity index (χ2n) is 6.60. The Hall–Kier alpha value is -1.03. The Labute approximate surface area is 179 Å². The minimum Gasteiger partial charge on any atom is -0.445 e. The van der Waals surface area contributed by atoms with Crippen molar-refractivity contribution in [3.8, 4) is 0 Å². The molecule has 1 aliphatic heterocycles. The summed E-state index contributed by atoms with van der Waals surface area (Å²) >= 11 is 16.8. The average Bonchev–Trinajstić information content (AvgIpc) is 2.96. The van der Waals surface area contributed by atoms with Gasteiger partial charge >= 0.3 is 6.09 Å². The van der Waals surface area contributed by atoms with Gasteiger partial charge in [-0.25, -0.2) is 4.79 Å². The predicted octanol–water partition coefficient (Wildman–Crippen LogP) is 3.30. The van der Waals surface area contributed by atoms with Gasteiger partial charge in [-0.2, -0.15) is 5.06 Å². The van der Waals surface area contributed by atoms with Gasteiger partial charge in [-0.05, 0) is 18.1 Å². The Morgan fingerprint density at radius 2 is 2.18 bits per heavy atom. The highest BCUT2D eigenvalue weighted by Gasteiger charge is 2.37. The van der Waals surface area contributed by atoms with Crippen molar-refractivity contribution in [3.63, 3.8) is 0 Å². The molecule has 3 atom stereocenters. The Bertz CT molecular complexity index is 886. The minimum absolute atomic E-state index is 0.111. The Morgan fingerprint density at radius 1 is 1.46 bits per heavy atom. The smallest absolute Gasteiger partial charge is 0.407 e. The van der Waals surface area contributed by atoms with Gasteiger partial charge in [-0.3, -0.25) is 4.21 Å². The third-order valence-corrected chi connectivity index (χ3v) is 5.68. The average molecular weight is 469 g/mol. The number of nitrogens with zero attached hydrogens (tertiary/aromatic N) is 1. The number of halogens is 3. The number of hydrogen-bond donors (Lipinski definition) is 3. The van der Waals surface area contributed by atoms with E-state index < -0.39 is 39.4 Å². The van der Waals surface area contributed by atoms with Gasteiger partial charge in [0.05, 0.1) is 12.1 Å². The molecule has 0 bridgehead atoms. The first-order valence-corrected chi connectivity index (χ1v) is 11.4. The summed E-state index contributed by atoms with van der Waals surface area (Å²) in [6.45, 7) is -0.0617. The molecule has 0 radical (unpaired) electrons. The van der Waals surface area contributed by atoms with E-state index in [4.69, 9.17) is 39.5 Å². The summed E-state index contributed by atoms with van der Waals surface area (Å²) in [5, 5.41) is 15.4. The summed E-state index contributed by atoms with van der Waals surface area (Å²) in [7, 11) is -1.24. The molecule has 28 heavy (non-hydrogen) atoms. The maximum Gasteiger partial charge on any atom is 0.407 e. The molecule has 0 spiro atoms. The van der Waals surface area contributed by atoms with Crippen LogP contribution >= 0.6 is 34.8 Å². The van der Waals surface area contributed by atoms with Gasteiger partial charge in [0.1, 0.15) is 6.61 Å². The number of alkyl carbamates (subject to hydrolysis) is 1. The number of rotatable bonds is 5. The van der Waals surface area contributed by atoms with Crippen LogP contribution in [0, 0.1) is 0 Å². The highest BCUT2D eigenvalue weighted by molar-refractivity contribution is 7.84. The van der Waals surface area contributed by atoms with Crippen molar-refractivity contribution >= 4 is 62.6 Å². The van der Waals surface area contributed by atoms with Crippen LogP contribution in [0.5, 0.6) is 0 Å². The molecule has 0 aliphatic carbocycles. The molecular formula is C17H20Cl3N3O4S. The lowest BCUT2D eigenvalue weighted by Crippen LogP contribution is -2.50. The standard InChI is InChI=1S/C17H20Cl3N3O4S/c1-28(26)8-13(22-16(24)27-9-17(18,19)20)15-14-11(6-7-23(15)25)10-4-2-3-5-12(10)21-14/h2-5,13,15,21,25H,6-9H2,1H3,(H,22,24)/t13-,15+,28?/m1/s1. The van der Waals surface area contributed by atoms with E-state index >= 15 is 0 Å².